The SMILES string of the molecule is C=CCn1c(SCC(=O)Nc2c(F)cc(F)cc2Br)nnc1-c1ccc(Cl)cc1. The van der Waals surface area contributed by atoms with Crippen molar-refractivity contribution in [1.82, 2.24) is 14.8 Å². The highest BCUT2D eigenvalue weighted by Gasteiger charge is 2.17. The number of nitrogens with one attached hydrogen (secondary N) is 1. The van der Waals surface area contributed by atoms with Crippen LogP contribution in [0.1, 0.15) is 0 Å². The van der Waals surface area contributed by atoms with Gasteiger partial charge in [0.25, 0.3) is 0 Å². The number of aromatic nitrogens is 3. The van der Waals surface area contributed by atoms with Gasteiger partial charge in [-0.05, 0) is 46.3 Å². The number of carbonyl (C=O) groups is 1. The predicted molar refractivity (Wildman–Crippen MR) is 114 cm³/mol. The zero-order valence-electron chi connectivity index (χ0n) is 14.8. The fourth-order valence-corrected chi connectivity index (χ4v) is 3.85. The number of thioether (sulfide) groups is 1. The van der Waals surface area contributed by atoms with Crippen molar-refractivity contribution in [1.29, 1.82) is 0 Å². The number of allylic oxidation sites excluding steroid dienone is 1. The van der Waals surface area contributed by atoms with Crippen molar-refractivity contribution in [2.45, 2.75) is 11.7 Å². The minimum absolute atomic E-state index is 0.0425. The third-order valence-electron chi connectivity index (χ3n) is 3.73. The Bertz CT molecular complexity index is 1040. The number of halogens is 4. The minimum atomic E-state index is -0.866. The second-order valence-corrected chi connectivity index (χ2v) is 8.03. The van der Waals surface area contributed by atoms with Crippen LogP contribution in [-0.4, -0.2) is 26.4 Å². The molecule has 1 N–H and O–H groups in total. The number of rotatable bonds is 7. The van der Waals surface area contributed by atoms with E-state index in [1.807, 2.05) is 16.7 Å². The Hall–Kier alpha value is -2.23. The highest BCUT2D eigenvalue weighted by molar-refractivity contribution is 9.10. The number of hydrogen-bond acceptors (Lipinski definition) is 4. The number of amides is 1. The standard InChI is InChI=1S/C19H14BrClF2N4OS/c1-2-7-27-18(11-3-5-12(21)6-4-11)25-26-19(27)29-10-16(28)24-17-14(20)8-13(22)9-15(17)23/h2-6,8-9H,1,7,10H2,(H,24,28). The largest absolute Gasteiger partial charge is 0.322 e. The third-order valence-corrected chi connectivity index (χ3v) is 5.58. The van der Waals surface area contributed by atoms with Gasteiger partial charge >= 0.3 is 0 Å². The lowest BCUT2D eigenvalue weighted by atomic mass is 10.2. The highest BCUT2D eigenvalue weighted by atomic mass is 79.9. The monoisotopic (exact) mass is 498 g/mol. The normalized spacial score (nSPS) is 10.8. The lowest BCUT2D eigenvalue weighted by Crippen LogP contribution is -2.16. The van der Waals surface area contributed by atoms with Crippen LogP contribution in [0.15, 0.2) is 58.7 Å². The minimum Gasteiger partial charge on any atom is -0.322 e. The van der Waals surface area contributed by atoms with Crippen molar-refractivity contribution in [3.8, 4) is 11.4 Å². The van der Waals surface area contributed by atoms with Gasteiger partial charge in [0.2, 0.25) is 5.91 Å². The van der Waals surface area contributed by atoms with Crippen LogP contribution in [0.25, 0.3) is 11.4 Å². The molecule has 2 aromatic carbocycles. The zero-order chi connectivity index (χ0) is 21.0. The summed E-state index contributed by atoms with van der Waals surface area (Å²) in [5.41, 5.74) is 0.698. The van der Waals surface area contributed by atoms with Crippen molar-refractivity contribution < 1.29 is 13.6 Å². The van der Waals surface area contributed by atoms with Crippen LogP contribution in [-0.2, 0) is 11.3 Å². The van der Waals surface area contributed by atoms with Gasteiger partial charge in [0.1, 0.15) is 5.82 Å². The second-order valence-electron chi connectivity index (χ2n) is 5.79. The summed E-state index contributed by atoms with van der Waals surface area (Å²) < 4.78 is 29.0. The molecule has 5 nitrogen and oxygen atoms in total. The van der Waals surface area contributed by atoms with Gasteiger partial charge in [-0.3, -0.25) is 9.36 Å². The van der Waals surface area contributed by atoms with Crippen LogP contribution in [0.4, 0.5) is 14.5 Å². The molecule has 0 atom stereocenters. The molecule has 3 rings (SSSR count). The first kappa shape index (κ1) is 21.5. The Morgan fingerprint density at radius 2 is 2.00 bits per heavy atom. The van der Waals surface area contributed by atoms with Crippen molar-refractivity contribution in [2.24, 2.45) is 0 Å². The number of nitrogens with zero attached hydrogens (tertiary/aromatic N) is 3. The predicted octanol–water partition coefficient (Wildman–Crippen LogP) is 5.56. The molecule has 29 heavy (non-hydrogen) atoms. The molecule has 0 unspecified atom stereocenters. The van der Waals surface area contributed by atoms with Crippen molar-refractivity contribution in [3.63, 3.8) is 0 Å². The van der Waals surface area contributed by atoms with Crippen LogP contribution in [0, 0.1) is 11.6 Å². The van der Waals surface area contributed by atoms with E-state index in [-0.39, 0.29) is 15.9 Å². The fraction of sp³-hybridized carbons (Fsp3) is 0.105. The number of benzene rings is 2. The van der Waals surface area contributed by atoms with E-state index >= 15 is 0 Å². The first-order valence-corrected chi connectivity index (χ1v) is 10.4. The Morgan fingerprint density at radius 1 is 1.28 bits per heavy atom. The Labute approximate surface area is 183 Å². The Kier molecular flexibility index (Phi) is 7.05. The average molecular weight is 500 g/mol. The summed E-state index contributed by atoms with van der Waals surface area (Å²) >= 11 is 10.1. The Balaban J connectivity index is 1.74. The molecule has 3 aromatic rings. The van der Waals surface area contributed by atoms with Gasteiger partial charge in [0.15, 0.2) is 16.8 Å². The topological polar surface area (TPSA) is 59.8 Å². The molecule has 0 radical (unpaired) electrons. The highest BCUT2D eigenvalue weighted by Crippen LogP contribution is 2.28. The number of hydrogen-bond donors (Lipinski definition) is 1. The summed E-state index contributed by atoms with van der Waals surface area (Å²) in [5.74, 6) is -1.51. The quantitative estimate of drug-likeness (QED) is 0.342. The summed E-state index contributed by atoms with van der Waals surface area (Å²) in [6.07, 6.45) is 1.69. The maximum absolute atomic E-state index is 13.9. The molecular weight excluding hydrogens is 486 g/mol. The summed E-state index contributed by atoms with van der Waals surface area (Å²) in [6, 6.07) is 8.92. The first-order valence-electron chi connectivity index (χ1n) is 8.26. The molecular formula is C19H14BrClF2N4OS. The molecule has 0 spiro atoms. The maximum Gasteiger partial charge on any atom is 0.234 e. The van der Waals surface area contributed by atoms with Gasteiger partial charge in [-0.15, -0.1) is 16.8 Å². The van der Waals surface area contributed by atoms with E-state index in [1.165, 1.54) is 0 Å². The van der Waals surface area contributed by atoms with Crippen LogP contribution < -0.4 is 5.32 Å². The lowest BCUT2D eigenvalue weighted by molar-refractivity contribution is -0.113. The van der Waals surface area contributed by atoms with Gasteiger partial charge in [-0.2, -0.15) is 0 Å². The van der Waals surface area contributed by atoms with Crippen molar-refractivity contribution in [2.75, 3.05) is 11.1 Å². The molecule has 0 aliphatic rings. The van der Waals surface area contributed by atoms with Gasteiger partial charge in [0, 0.05) is 27.7 Å². The van der Waals surface area contributed by atoms with E-state index < -0.39 is 17.5 Å². The Morgan fingerprint density at radius 3 is 2.66 bits per heavy atom. The smallest absolute Gasteiger partial charge is 0.234 e. The van der Waals surface area contributed by atoms with E-state index in [0.29, 0.717) is 28.6 Å². The molecule has 0 bridgehead atoms. The summed E-state index contributed by atoms with van der Waals surface area (Å²) in [6.45, 7) is 4.18. The van der Waals surface area contributed by atoms with Crippen LogP contribution in [0.5, 0.6) is 0 Å². The second kappa shape index (κ2) is 9.51. The molecule has 1 amide bonds. The van der Waals surface area contributed by atoms with Crippen LogP contribution in [0.3, 0.4) is 0 Å². The van der Waals surface area contributed by atoms with E-state index in [2.05, 4.69) is 38.0 Å². The lowest BCUT2D eigenvalue weighted by Gasteiger charge is -2.10. The van der Waals surface area contributed by atoms with E-state index in [9.17, 15) is 13.6 Å². The molecule has 1 heterocycles. The third kappa shape index (κ3) is 5.23. The van der Waals surface area contributed by atoms with Gasteiger partial charge in [0.05, 0.1) is 11.4 Å². The van der Waals surface area contributed by atoms with Crippen molar-refractivity contribution >= 4 is 50.9 Å². The molecule has 0 saturated carbocycles. The summed E-state index contributed by atoms with van der Waals surface area (Å²) in [5, 5.41) is 11.9. The fourth-order valence-electron chi connectivity index (χ4n) is 2.47. The summed E-state index contributed by atoms with van der Waals surface area (Å²) in [4.78, 5) is 12.3. The molecule has 0 saturated heterocycles. The van der Waals surface area contributed by atoms with Gasteiger partial charge < -0.3 is 5.32 Å². The molecule has 0 fully saturated rings. The molecule has 0 aliphatic heterocycles. The van der Waals surface area contributed by atoms with E-state index in [1.54, 1.807) is 18.2 Å². The first-order chi connectivity index (χ1) is 13.9. The number of anilines is 1. The molecule has 0 aliphatic carbocycles. The zero-order valence-corrected chi connectivity index (χ0v) is 18.0. The van der Waals surface area contributed by atoms with E-state index in [4.69, 9.17) is 11.6 Å². The molecule has 10 heteroatoms. The van der Waals surface area contributed by atoms with Gasteiger partial charge in [-0.25, -0.2) is 8.78 Å². The number of carbonyl (C=O) groups excluding carboxylic acids is 1. The average Bonchev–Trinajstić information content (AvgIpc) is 3.06. The van der Waals surface area contributed by atoms with Crippen LogP contribution in [0.2, 0.25) is 5.02 Å². The molecule has 150 valence electrons. The van der Waals surface area contributed by atoms with E-state index in [0.717, 1.165) is 23.4 Å². The van der Waals surface area contributed by atoms with Gasteiger partial charge in [-0.1, -0.05) is 29.4 Å². The van der Waals surface area contributed by atoms with Crippen molar-refractivity contribution in [3.05, 3.63) is 70.2 Å². The maximum atomic E-state index is 13.9. The summed E-state index contributed by atoms with van der Waals surface area (Å²) in [7, 11) is 0. The molecule has 1 aromatic heterocycles. The van der Waals surface area contributed by atoms with Crippen LogP contribution >= 0.6 is 39.3 Å².